The van der Waals surface area contributed by atoms with E-state index in [0.717, 1.165) is 6.07 Å². The van der Waals surface area contributed by atoms with Crippen LogP contribution in [-0.2, 0) is 6.18 Å². The lowest BCUT2D eigenvalue weighted by molar-refractivity contribution is -0.140. The Morgan fingerprint density at radius 3 is 2.48 bits per heavy atom. The van der Waals surface area contributed by atoms with Gasteiger partial charge in [0.05, 0.1) is 5.56 Å². The number of amides is 1. The molecule has 0 unspecified atom stereocenters. The summed E-state index contributed by atoms with van der Waals surface area (Å²) >= 11 is 0. The van der Waals surface area contributed by atoms with Gasteiger partial charge in [0.15, 0.2) is 0 Å². The third kappa shape index (κ3) is 5.00. The number of hydrogen-bond acceptors (Lipinski definition) is 2. The smallest absolute Gasteiger partial charge is 0.351 e. The molecule has 0 heterocycles. The first kappa shape index (κ1) is 17.4. The van der Waals surface area contributed by atoms with Crippen LogP contribution in [0.2, 0.25) is 0 Å². The molecule has 0 atom stereocenters. The van der Waals surface area contributed by atoms with Gasteiger partial charge in [-0.05, 0) is 39.1 Å². The summed E-state index contributed by atoms with van der Waals surface area (Å²) in [6.07, 6.45) is -4.82. The number of carbonyl (C=O) groups is 1. The Hall–Kier alpha value is -1.63. The average Bonchev–Trinajstić information content (AvgIpc) is 2.37. The Bertz CT molecular complexity index is 500. The maximum Gasteiger partial charge on any atom is 0.419 e. The zero-order valence-corrected chi connectivity index (χ0v) is 12.1. The predicted octanol–water partition coefficient (Wildman–Crippen LogP) is 2.91. The summed E-state index contributed by atoms with van der Waals surface area (Å²) in [5.74, 6) is -2.05. The van der Waals surface area contributed by atoms with E-state index in [2.05, 4.69) is 5.32 Å². The van der Waals surface area contributed by atoms with Crippen molar-refractivity contribution in [2.75, 3.05) is 20.1 Å². The van der Waals surface area contributed by atoms with Crippen molar-refractivity contribution in [2.45, 2.75) is 26.1 Å². The standard InChI is InChI=1S/C14H18F4N2O/c1-9(2)20(3)7-6-19-13(21)10-4-5-12(15)11(8-10)14(16,17)18/h4-5,8-9H,6-7H2,1-3H3,(H,19,21). The second kappa shape index (κ2) is 6.89. The fourth-order valence-corrected chi connectivity index (χ4v) is 1.59. The summed E-state index contributed by atoms with van der Waals surface area (Å²) in [5, 5.41) is 2.51. The van der Waals surface area contributed by atoms with Gasteiger partial charge in [-0.1, -0.05) is 0 Å². The van der Waals surface area contributed by atoms with Crippen molar-refractivity contribution in [2.24, 2.45) is 0 Å². The van der Waals surface area contributed by atoms with E-state index < -0.39 is 23.5 Å². The molecular weight excluding hydrogens is 288 g/mol. The number of halogens is 4. The third-order valence-corrected chi connectivity index (χ3v) is 3.17. The second-order valence-electron chi connectivity index (χ2n) is 5.02. The fourth-order valence-electron chi connectivity index (χ4n) is 1.59. The fraction of sp³-hybridized carbons (Fsp3) is 0.500. The van der Waals surface area contributed by atoms with Gasteiger partial charge in [-0.15, -0.1) is 0 Å². The molecule has 0 fully saturated rings. The first-order valence-corrected chi connectivity index (χ1v) is 6.48. The molecule has 1 amide bonds. The molecule has 0 aliphatic carbocycles. The Morgan fingerprint density at radius 1 is 1.33 bits per heavy atom. The van der Waals surface area contributed by atoms with Gasteiger partial charge in [0.25, 0.3) is 5.91 Å². The number of nitrogens with zero attached hydrogens (tertiary/aromatic N) is 1. The van der Waals surface area contributed by atoms with Gasteiger partial charge in [0, 0.05) is 24.7 Å². The molecule has 118 valence electrons. The second-order valence-corrected chi connectivity index (χ2v) is 5.02. The monoisotopic (exact) mass is 306 g/mol. The molecule has 0 aliphatic heterocycles. The van der Waals surface area contributed by atoms with Crippen LogP contribution < -0.4 is 5.32 Å². The van der Waals surface area contributed by atoms with Crippen LogP contribution >= 0.6 is 0 Å². The molecule has 1 N–H and O–H groups in total. The summed E-state index contributed by atoms with van der Waals surface area (Å²) < 4.78 is 50.8. The Labute approximate surface area is 120 Å². The molecule has 0 spiro atoms. The minimum Gasteiger partial charge on any atom is -0.351 e. The molecular formula is C14H18F4N2O. The lowest BCUT2D eigenvalue weighted by Gasteiger charge is -2.20. The molecule has 7 heteroatoms. The number of alkyl halides is 3. The van der Waals surface area contributed by atoms with E-state index in [1.807, 2.05) is 25.8 Å². The minimum absolute atomic E-state index is 0.212. The van der Waals surface area contributed by atoms with Crippen molar-refractivity contribution in [3.8, 4) is 0 Å². The van der Waals surface area contributed by atoms with Gasteiger partial charge < -0.3 is 10.2 Å². The van der Waals surface area contributed by atoms with E-state index in [4.69, 9.17) is 0 Å². The SMILES string of the molecule is CC(C)N(C)CCNC(=O)c1ccc(F)c(C(F)(F)F)c1. The molecule has 1 rings (SSSR count). The van der Waals surface area contributed by atoms with E-state index in [0.29, 0.717) is 31.3 Å². The molecule has 3 nitrogen and oxygen atoms in total. The van der Waals surface area contributed by atoms with Crippen molar-refractivity contribution in [1.82, 2.24) is 10.2 Å². The molecule has 1 aromatic rings. The molecule has 0 aromatic heterocycles. The Kier molecular flexibility index (Phi) is 5.71. The third-order valence-electron chi connectivity index (χ3n) is 3.17. The molecule has 0 saturated heterocycles. The summed E-state index contributed by atoms with van der Waals surface area (Å²) in [7, 11) is 1.87. The number of likely N-dealkylation sites (N-methyl/N-ethyl adjacent to an activating group) is 1. The van der Waals surface area contributed by atoms with E-state index in [9.17, 15) is 22.4 Å². The molecule has 0 radical (unpaired) electrons. The van der Waals surface area contributed by atoms with E-state index in [1.54, 1.807) is 0 Å². The van der Waals surface area contributed by atoms with Crippen LogP contribution in [-0.4, -0.2) is 37.0 Å². The van der Waals surface area contributed by atoms with Crippen molar-refractivity contribution in [3.63, 3.8) is 0 Å². The van der Waals surface area contributed by atoms with E-state index in [1.165, 1.54) is 0 Å². The highest BCUT2D eigenvalue weighted by Gasteiger charge is 2.34. The van der Waals surface area contributed by atoms with Crippen LogP contribution in [0.3, 0.4) is 0 Å². The number of hydrogen-bond donors (Lipinski definition) is 1. The summed E-state index contributed by atoms with van der Waals surface area (Å²) in [4.78, 5) is 13.7. The van der Waals surface area contributed by atoms with Crippen molar-refractivity contribution < 1.29 is 22.4 Å². The average molecular weight is 306 g/mol. The maximum absolute atomic E-state index is 13.1. The van der Waals surface area contributed by atoms with Gasteiger partial charge >= 0.3 is 6.18 Å². The largest absolute Gasteiger partial charge is 0.419 e. The highest BCUT2D eigenvalue weighted by molar-refractivity contribution is 5.94. The molecule has 0 bridgehead atoms. The molecule has 1 aromatic carbocycles. The van der Waals surface area contributed by atoms with Gasteiger partial charge in [0.2, 0.25) is 0 Å². The van der Waals surface area contributed by atoms with Gasteiger partial charge in [0.1, 0.15) is 5.82 Å². The number of benzene rings is 1. The van der Waals surface area contributed by atoms with Crippen LogP contribution in [0.15, 0.2) is 18.2 Å². The first-order chi connectivity index (χ1) is 9.62. The summed E-state index contributed by atoms with van der Waals surface area (Å²) in [6.45, 7) is 4.83. The topological polar surface area (TPSA) is 32.3 Å². The lowest BCUT2D eigenvalue weighted by atomic mass is 10.1. The molecule has 0 aliphatic rings. The normalized spacial score (nSPS) is 12.0. The molecule has 21 heavy (non-hydrogen) atoms. The molecule has 0 saturated carbocycles. The van der Waals surface area contributed by atoms with Crippen molar-refractivity contribution in [3.05, 3.63) is 35.1 Å². The van der Waals surface area contributed by atoms with Crippen LogP contribution in [0.4, 0.5) is 17.6 Å². The first-order valence-electron chi connectivity index (χ1n) is 6.48. The Balaban J connectivity index is 2.71. The van der Waals surface area contributed by atoms with Gasteiger partial charge in [-0.25, -0.2) is 4.39 Å². The minimum atomic E-state index is -4.82. The van der Waals surface area contributed by atoms with Crippen LogP contribution in [0.25, 0.3) is 0 Å². The highest BCUT2D eigenvalue weighted by atomic mass is 19.4. The summed E-state index contributed by atoms with van der Waals surface area (Å²) in [5.41, 5.74) is -1.65. The van der Waals surface area contributed by atoms with Crippen molar-refractivity contribution in [1.29, 1.82) is 0 Å². The van der Waals surface area contributed by atoms with Crippen LogP contribution in [0, 0.1) is 5.82 Å². The maximum atomic E-state index is 13.1. The zero-order chi connectivity index (χ0) is 16.2. The zero-order valence-electron chi connectivity index (χ0n) is 12.1. The van der Waals surface area contributed by atoms with Gasteiger partial charge in [-0.3, -0.25) is 4.79 Å². The number of carbonyl (C=O) groups excluding carboxylic acids is 1. The van der Waals surface area contributed by atoms with Crippen molar-refractivity contribution >= 4 is 5.91 Å². The van der Waals surface area contributed by atoms with Gasteiger partial charge in [-0.2, -0.15) is 13.2 Å². The number of nitrogens with one attached hydrogen (secondary N) is 1. The van der Waals surface area contributed by atoms with Crippen LogP contribution in [0.5, 0.6) is 0 Å². The van der Waals surface area contributed by atoms with E-state index >= 15 is 0 Å². The van der Waals surface area contributed by atoms with E-state index in [-0.39, 0.29) is 5.56 Å². The van der Waals surface area contributed by atoms with Crippen LogP contribution in [0.1, 0.15) is 29.8 Å². The Morgan fingerprint density at radius 2 is 1.95 bits per heavy atom. The lowest BCUT2D eigenvalue weighted by Crippen LogP contribution is -2.36. The number of rotatable bonds is 5. The predicted molar refractivity (Wildman–Crippen MR) is 71.5 cm³/mol. The summed E-state index contributed by atoms with van der Waals surface area (Å²) in [6, 6.07) is 2.51. The quantitative estimate of drug-likeness (QED) is 0.848. The highest BCUT2D eigenvalue weighted by Crippen LogP contribution is 2.31.